The third kappa shape index (κ3) is 4.81. The highest BCUT2D eigenvalue weighted by Crippen LogP contribution is 2.40. The van der Waals surface area contributed by atoms with E-state index >= 15 is 0 Å². The molecule has 0 atom stereocenters. The van der Waals surface area contributed by atoms with Gasteiger partial charge in [0, 0.05) is 12.1 Å². The Kier molecular flexibility index (Phi) is 7.65. The predicted molar refractivity (Wildman–Crippen MR) is 79.4 cm³/mol. The highest BCUT2D eigenvalue weighted by molar-refractivity contribution is 5.55. The molecule has 0 bridgehead atoms. The zero-order valence-electron chi connectivity index (χ0n) is 12.8. The van der Waals surface area contributed by atoms with Crippen molar-refractivity contribution in [1.29, 1.82) is 0 Å². The molecular formula is C15H25NO4. The number of methoxy groups -OCH3 is 3. The lowest BCUT2D eigenvalue weighted by atomic mass is 10.2. The van der Waals surface area contributed by atoms with Gasteiger partial charge in [0.25, 0.3) is 0 Å². The largest absolute Gasteiger partial charge is 0.493 e. The van der Waals surface area contributed by atoms with Crippen LogP contribution in [0.15, 0.2) is 12.1 Å². The molecule has 1 aromatic rings. The van der Waals surface area contributed by atoms with Gasteiger partial charge in [0.15, 0.2) is 11.5 Å². The van der Waals surface area contributed by atoms with E-state index in [1.807, 2.05) is 12.1 Å². The van der Waals surface area contributed by atoms with Crippen molar-refractivity contribution in [2.45, 2.75) is 19.8 Å². The van der Waals surface area contributed by atoms with Crippen molar-refractivity contribution < 1.29 is 18.9 Å². The quantitative estimate of drug-likeness (QED) is 0.669. The monoisotopic (exact) mass is 283 g/mol. The molecule has 0 aliphatic heterocycles. The molecule has 0 saturated heterocycles. The summed E-state index contributed by atoms with van der Waals surface area (Å²) in [7, 11) is 4.77. The molecule has 5 nitrogen and oxygen atoms in total. The molecule has 114 valence electrons. The molecule has 0 spiro atoms. The molecule has 0 fully saturated rings. The van der Waals surface area contributed by atoms with Gasteiger partial charge in [-0.05, 0) is 25.9 Å². The van der Waals surface area contributed by atoms with Gasteiger partial charge in [-0.3, -0.25) is 0 Å². The van der Waals surface area contributed by atoms with Crippen molar-refractivity contribution in [3.8, 4) is 23.0 Å². The topological polar surface area (TPSA) is 49.0 Å². The summed E-state index contributed by atoms with van der Waals surface area (Å²) in [5.41, 5.74) is 0. The summed E-state index contributed by atoms with van der Waals surface area (Å²) in [5.74, 6) is 2.52. The highest BCUT2D eigenvalue weighted by Gasteiger charge is 2.13. The first-order valence-corrected chi connectivity index (χ1v) is 6.90. The smallest absolute Gasteiger partial charge is 0.203 e. The van der Waals surface area contributed by atoms with E-state index in [-0.39, 0.29) is 0 Å². The first-order valence-electron chi connectivity index (χ1n) is 6.90. The number of hydrogen-bond acceptors (Lipinski definition) is 5. The second kappa shape index (κ2) is 9.31. The lowest BCUT2D eigenvalue weighted by Gasteiger charge is -2.14. The Morgan fingerprint density at radius 1 is 0.950 bits per heavy atom. The number of nitrogens with one attached hydrogen (secondary N) is 1. The minimum atomic E-state index is 0.578. The molecule has 0 aliphatic carbocycles. The summed E-state index contributed by atoms with van der Waals surface area (Å²) in [6.07, 6.45) is 2.10. The summed E-state index contributed by atoms with van der Waals surface area (Å²) in [5, 5.41) is 3.29. The van der Waals surface area contributed by atoms with Gasteiger partial charge in [-0.1, -0.05) is 6.92 Å². The third-order valence-electron chi connectivity index (χ3n) is 2.90. The van der Waals surface area contributed by atoms with Crippen molar-refractivity contribution in [3.63, 3.8) is 0 Å². The van der Waals surface area contributed by atoms with Crippen molar-refractivity contribution in [1.82, 2.24) is 5.32 Å². The van der Waals surface area contributed by atoms with E-state index in [0.29, 0.717) is 23.9 Å². The van der Waals surface area contributed by atoms with Crippen molar-refractivity contribution in [3.05, 3.63) is 12.1 Å². The summed E-state index contributed by atoms with van der Waals surface area (Å²) >= 11 is 0. The van der Waals surface area contributed by atoms with Crippen LogP contribution in [0.2, 0.25) is 0 Å². The van der Waals surface area contributed by atoms with Gasteiger partial charge in [-0.25, -0.2) is 0 Å². The summed E-state index contributed by atoms with van der Waals surface area (Å²) in [4.78, 5) is 0. The third-order valence-corrected chi connectivity index (χ3v) is 2.90. The van der Waals surface area contributed by atoms with E-state index < -0.39 is 0 Å². The van der Waals surface area contributed by atoms with E-state index in [1.165, 1.54) is 0 Å². The molecule has 1 aromatic carbocycles. The fraction of sp³-hybridized carbons (Fsp3) is 0.600. The number of hydrogen-bond donors (Lipinski definition) is 1. The van der Waals surface area contributed by atoms with Crippen LogP contribution in [0.25, 0.3) is 0 Å². The number of unbranched alkanes of at least 4 members (excludes halogenated alkanes) is 1. The summed E-state index contributed by atoms with van der Waals surface area (Å²) < 4.78 is 21.6. The number of benzene rings is 1. The van der Waals surface area contributed by atoms with Gasteiger partial charge in [0.05, 0.1) is 27.9 Å². The normalized spacial score (nSPS) is 10.2. The first kappa shape index (κ1) is 16.4. The molecule has 0 radical (unpaired) electrons. The molecule has 0 amide bonds. The van der Waals surface area contributed by atoms with E-state index in [1.54, 1.807) is 21.3 Å². The molecule has 0 unspecified atom stereocenters. The van der Waals surface area contributed by atoms with E-state index in [0.717, 1.165) is 31.7 Å². The zero-order chi connectivity index (χ0) is 14.8. The molecule has 20 heavy (non-hydrogen) atoms. The van der Waals surface area contributed by atoms with Gasteiger partial charge >= 0.3 is 0 Å². The zero-order valence-corrected chi connectivity index (χ0v) is 12.8. The highest BCUT2D eigenvalue weighted by atomic mass is 16.5. The van der Waals surface area contributed by atoms with Crippen LogP contribution in [0.1, 0.15) is 19.8 Å². The van der Waals surface area contributed by atoms with E-state index in [2.05, 4.69) is 12.2 Å². The van der Waals surface area contributed by atoms with Crippen LogP contribution < -0.4 is 24.3 Å². The Balaban J connectivity index is 2.57. The minimum Gasteiger partial charge on any atom is -0.493 e. The van der Waals surface area contributed by atoms with Crippen LogP contribution >= 0.6 is 0 Å². The molecule has 1 rings (SSSR count). The minimum absolute atomic E-state index is 0.578. The van der Waals surface area contributed by atoms with Crippen molar-refractivity contribution >= 4 is 0 Å². The fourth-order valence-corrected chi connectivity index (χ4v) is 1.86. The van der Waals surface area contributed by atoms with Crippen LogP contribution in [0.5, 0.6) is 23.0 Å². The molecular weight excluding hydrogens is 258 g/mol. The van der Waals surface area contributed by atoms with Crippen molar-refractivity contribution in [2.24, 2.45) is 0 Å². The molecule has 0 aliphatic rings. The average Bonchev–Trinajstić information content (AvgIpc) is 2.49. The number of ether oxygens (including phenoxy) is 4. The van der Waals surface area contributed by atoms with Crippen LogP contribution in [0.4, 0.5) is 0 Å². The molecule has 1 N–H and O–H groups in total. The van der Waals surface area contributed by atoms with Crippen LogP contribution in [-0.4, -0.2) is 41.0 Å². The van der Waals surface area contributed by atoms with Gasteiger partial charge in [0.2, 0.25) is 5.75 Å². The SMILES string of the molecule is CCNCCCCOc1cc(OC)c(OC)c(OC)c1. The second-order valence-corrected chi connectivity index (χ2v) is 4.27. The summed E-state index contributed by atoms with van der Waals surface area (Å²) in [6.45, 7) is 4.80. The Morgan fingerprint density at radius 3 is 2.10 bits per heavy atom. The van der Waals surface area contributed by atoms with Gasteiger partial charge in [-0.2, -0.15) is 0 Å². The van der Waals surface area contributed by atoms with Crippen molar-refractivity contribution in [2.75, 3.05) is 41.0 Å². The molecule has 5 heteroatoms. The summed E-state index contributed by atoms with van der Waals surface area (Å²) in [6, 6.07) is 3.62. The van der Waals surface area contributed by atoms with Gasteiger partial charge < -0.3 is 24.3 Å². The van der Waals surface area contributed by atoms with Gasteiger partial charge in [-0.15, -0.1) is 0 Å². The Labute approximate surface area is 121 Å². The molecule has 0 heterocycles. The predicted octanol–water partition coefficient (Wildman–Crippen LogP) is 2.48. The van der Waals surface area contributed by atoms with Crippen LogP contribution in [0, 0.1) is 0 Å². The van der Waals surface area contributed by atoms with Gasteiger partial charge in [0.1, 0.15) is 5.75 Å². The first-order chi connectivity index (χ1) is 9.76. The Hall–Kier alpha value is -1.62. The average molecular weight is 283 g/mol. The van der Waals surface area contributed by atoms with E-state index in [4.69, 9.17) is 18.9 Å². The lowest BCUT2D eigenvalue weighted by Crippen LogP contribution is -2.14. The second-order valence-electron chi connectivity index (χ2n) is 4.27. The van der Waals surface area contributed by atoms with Crippen LogP contribution in [0.3, 0.4) is 0 Å². The lowest BCUT2D eigenvalue weighted by molar-refractivity contribution is 0.292. The standard InChI is InChI=1S/C15H25NO4/c1-5-16-8-6-7-9-20-12-10-13(17-2)15(19-4)14(11-12)18-3/h10-11,16H,5-9H2,1-4H3. The van der Waals surface area contributed by atoms with E-state index in [9.17, 15) is 0 Å². The Morgan fingerprint density at radius 2 is 1.60 bits per heavy atom. The van der Waals surface area contributed by atoms with Crippen LogP contribution in [-0.2, 0) is 0 Å². The maximum Gasteiger partial charge on any atom is 0.203 e. The number of rotatable bonds is 10. The molecule has 0 saturated carbocycles. The maximum absolute atomic E-state index is 5.73. The fourth-order valence-electron chi connectivity index (χ4n) is 1.86. The molecule has 0 aromatic heterocycles. The Bertz CT molecular complexity index is 370. The maximum atomic E-state index is 5.73.